The molecular weight excluding hydrogens is 379 g/mol. The van der Waals surface area contributed by atoms with Gasteiger partial charge in [0.1, 0.15) is 23.8 Å². The van der Waals surface area contributed by atoms with Crippen molar-refractivity contribution in [1.82, 2.24) is 0 Å². The van der Waals surface area contributed by atoms with Crippen LogP contribution in [0.15, 0.2) is 60.7 Å². The number of hydrogen-bond acceptors (Lipinski definition) is 3. The van der Waals surface area contributed by atoms with E-state index in [2.05, 4.69) is 11.8 Å². The zero-order valence-corrected chi connectivity index (χ0v) is 17.5. The summed E-state index contributed by atoms with van der Waals surface area (Å²) in [5.41, 5.74) is 0.772. The smallest absolute Gasteiger partial charge is 0.307 e. The van der Waals surface area contributed by atoms with Crippen LogP contribution >= 0.6 is 0 Å². The van der Waals surface area contributed by atoms with E-state index in [-0.39, 0.29) is 24.4 Å². The fourth-order valence-electron chi connectivity index (χ4n) is 3.01. The predicted octanol–water partition coefficient (Wildman–Crippen LogP) is 6.03. The zero-order chi connectivity index (χ0) is 21.6. The van der Waals surface area contributed by atoms with Crippen LogP contribution in [0.4, 0.5) is 4.39 Å². The van der Waals surface area contributed by atoms with Crippen molar-refractivity contribution in [3.05, 3.63) is 77.6 Å². The van der Waals surface area contributed by atoms with Crippen LogP contribution < -0.4 is 4.74 Å². The summed E-state index contributed by atoms with van der Waals surface area (Å²) in [6, 6.07) is 18.5. The molecule has 0 aliphatic rings. The molecule has 0 fully saturated rings. The molecule has 4 heteroatoms. The van der Waals surface area contributed by atoms with E-state index in [0.717, 1.165) is 10.9 Å². The summed E-state index contributed by atoms with van der Waals surface area (Å²) in [6.07, 6.45) is 0.450. The molecule has 0 saturated carbocycles. The highest BCUT2D eigenvalue weighted by Gasteiger charge is 2.15. The summed E-state index contributed by atoms with van der Waals surface area (Å²) in [7, 11) is 0. The molecule has 3 rings (SSSR count). The normalized spacial score (nSPS) is 10.9. The summed E-state index contributed by atoms with van der Waals surface area (Å²) in [5.74, 6) is 5.65. The zero-order valence-electron chi connectivity index (χ0n) is 17.5. The molecule has 30 heavy (non-hydrogen) atoms. The molecule has 0 aliphatic heterocycles. The van der Waals surface area contributed by atoms with Crippen molar-refractivity contribution in [3.63, 3.8) is 0 Å². The van der Waals surface area contributed by atoms with Gasteiger partial charge in [0.2, 0.25) is 0 Å². The number of rotatable bonds is 5. The van der Waals surface area contributed by atoms with Gasteiger partial charge >= 0.3 is 5.97 Å². The van der Waals surface area contributed by atoms with Gasteiger partial charge in [-0.1, -0.05) is 60.4 Å². The Morgan fingerprint density at radius 3 is 2.50 bits per heavy atom. The highest BCUT2D eigenvalue weighted by Crippen LogP contribution is 2.31. The van der Waals surface area contributed by atoms with Crippen molar-refractivity contribution in [2.75, 3.05) is 0 Å². The van der Waals surface area contributed by atoms with E-state index < -0.39 is 11.4 Å². The first-order valence-corrected chi connectivity index (χ1v) is 9.92. The first kappa shape index (κ1) is 21.4. The van der Waals surface area contributed by atoms with Crippen molar-refractivity contribution in [2.45, 2.75) is 45.8 Å². The Morgan fingerprint density at radius 1 is 1.00 bits per heavy atom. The van der Waals surface area contributed by atoms with E-state index in [0.29, 0.717) is 17.7 Å². The maximum atomic E-state index is 14.6. The minimum atomic E-state index is -0.531. The molecule has 0 spiro atoms. The van der Waals surface area contributed by atoms with Gasteiger partial charge in [0, 0.05) is 11.8 Å². The number of benzene rings is 3. The first-order valence-electron chi connectivity index (χ1n) is 9.92. The second kappa shape index (κ2) is 9.45. The second-order valence-electron chi connectivity index (χ2n) is 7.94. The largest absolute Gasteiger partial charge is 0.488 e. The van der Waals surface area contributed by atoms with E-state index in [1.165, 1.54) is 6.07 Å². The Balaban J connectivity index is 1.82. The number of carbonyl (C=O) groups excluding carboxylic acids is 1. The standard InChI is InChI=1S/C26H25FO3/c1-26(2,3)30-24(28)15-8-7-13-21-22(27)17-16-20-12-9-14-23(25(20)21)29-18-19-10-5-4-6-11-19/h4-6,9-12,14,16-17H,8,15,18H2,1-3H3. The molecule has 0 radical (unpaired) electrons. The molecule has 3 aromatic rings. The van der Waals surface area contributed by atoms with Crippen LogP contribution in [0.5, 0.6) is 5.75 Å². The van der Waals surface area contributed by atoms with Crippen LogP contribution in [-0.2, 0) is 16.1 Å². The van der Waals surface area contributed by atoms with Gasteiger partial charge in [-0.2, -0.15) is 0 Å². The van der Waals surface area contributed by atoms with Crippen LogP contribution in [0, 0.1) is 17.7 Å². The molecule has 0 atom stereocenters. The van der Waals surface area contributed by atoms with Crippen molar-refractivity contribution >= 4 is 16.7 Å². The Labute approximate surface area is 176 Å². The van der Waals surface area contributed by atoms with Crippen LogP contribution in [0.1, 0.15) is 44.7 Å². The number of fused-ring (bicyclic) bond motifs is 1. The Morgan fingerprint density at radius 2 is 1.77 bits per heavy atom. The highest BCUT2D eigenvalue weighted by molar-refractivity contribution is 5.93. The van der Waals surface area contributed by atoms with E-state index in [9.17, 15) is 9.18 Å². The molecule has 0 aromatic heterocycles. The Hall–Kier alpha value is -3.32. The van der Waals surface area contributed by atoms with E-state index in [4.69, 9.17) is 9.47 Å². The third-order valence-electron chi connectivity index (χ3n) is 4.28. The molecule has 0 amide bonds. The fourth-order valence-corrected chi connectivity index (χ4v) is 3.01. The van der Waals surface area contributed by atoms with E-state index in [1.807, 2.05) is 69.3 Å². The number of ether oxygens (including phenoxy) is 2. The lowest BCUT2D eigenvalue weighted by Gasteiger charge is -2.18. The number of esters is 1. The van der Waals surface area contributed by atoms with Crippen molar-refractivity contribution in [1.29, 1.82) is 0 Å². The summed E-state index contributed by atoms with van der Waals surface area (Å²) >= 11 is 0. The average molecular weight is 404 g/mol. The molecule has 3 aromatic carbocycles. The van der Waals surface area contributed by atoms with Crippen molar-refractivity contribution in [3.8, 4) is 17.6 Å². The Kier molecular flexibility index (Phi) is 6.74. The molecule has 0 saturated heterocycles. The van der Waals surface area contributed by atoms with Gasteiger partial charge in [-0.15, -0.1) is 0 Å². The van der Waals surface area contributed by atoms with Gasteiger partial charge in [0.15, 0.2) is 0 Å². The minimum absolute atomic E-state index is 0.161. The van der Waals surface area contributed by atoms with Crippen LogP contribution in [-0.4, -0.2) is 11.6 Å². The van der Waals surface area contributed by atoms with Gasteiger partial charge < -0.3 is 9.47 Å². The molecule has 154 valence electrons. The van der Waals surface area contributed by atoms with Crippen LogP contribution in [0.3, 0.4) is 0 Å². The molecule has 0 N–H and O–H groups in total. The lowest BCUT2D eigenvalue weighted by molar-refractivity contribution is -0.154. The SMILES string of the molecule is CC(C)(C)OC(=O)CCC#Cc1c(F)ccc2cccc(OCc3ccccc3)c12. The summed E-state index contributed by atoms with van der Waals surface area (Å²) in [5, 5.41) is 1.48. The summed E-state index contributed by atoms with van der Waals surface area (Å²) in [4.78, 5) is 11.8. The van der Waals surface area contributed by atoms with Crippen LogP contribution in [0.25, 0.3) is 10.8 Å². The maximum Gasteiger partial charge on any atom is 0.307 e. The monoisotopic (exact) mass is 404 g/mol. The maximum absolute atomic E-state index is 14.6. The van der Waals surface area contributed by atoms with Gasteiger partial charge in [-0.05, 0) is 43.9 Å². The summed E-state index contributed by atoms with van der Waals surface area (Å²) in [6.45, 7) is 5.83. The van der Waals surface area contributed by atoms with Gasteiger partial charge in [-0.25, -0.2) is 4.39 Å². The molecule has 0 bridgehead atoms. The average Bonchev–Trinajstić information content (AvgIpc) is 2.70. The van der Waals surface area contributed by atoms with E-state index in [1.54, 1.807) is 6.07 Å². The first-order chi connectivity index (χ1) is 14.3. The Bertz CT molecular complexity index is 1090. The summed E-state index contributed by atoms with van der Waals surface area (Å²) < 4.78 is 25.9. The van der Waals surface area contributed by atoms with Gasteiger partial charge in [0.25, 0.3) is 0 Å². The highest BCUT2D eigenvalue weighted by atomic mass is 19.1. The quantitative estimate of drug-likeness (QED) is 0.385. The minimum Gasteiger partial charge on any atom is -0.488 e. The van der Waals surface area contributed by atoms with Crippen LogP contribution in [0.2, 0.25) is 0 Å². The topological polar surface area (TPSA) is 35.5 Å². The predicted molar refractivity (Wildman–Crippen MR) is 117 cm³/mol. The van der Waals surface area contributed by atoms with Gasteiger partial charge in [0.05, 0.1) is 12.0 Å². The number of carbonyl (C=O) groups is 1. The lowest BCUT2D eigenvalue weighted by atomic mass is 10.0. The third kappa shape index (κ3) is 5.84. The number of halogens is 1. The molecule has 0 aliphatic carbocycles. The van der Waals surface area contributed by atoms with Crippen molar-refractivity contribution in [2.24, 2.45) is 0 Å². The third-order valence-corrected chi connectivity index (χ3v) is 4.28. The molecule has 0 heterocycles. The molecular formula is C26H25FO3. The lowest BCUT2D eigenvalue weighted by Crippen LogP contribution is -2.23. The number of hydrogen-bond donors (Lipinski definition) is 0. The molecule has 3 nitrogen and oxygen atoms in total. The van der Waals surface area contributed by atoms with Gasteiger partial charge in [-0.3, -0.25) is 4.79 Å². The molecule has 0 unspecified atom stereocenters. The van der Waals surface area contributed by atoms with E-state index >= 15 is 0 Å². The second-order valence-corrected chi connectivity index (χ2v) is 7.94. The van der Waals surface area contributed by atoms with Crippen molar-refractivity contribution < 1.29 is 18.7 Å². The fraction of sp³-hybridized carbons (Fsp3) is 0.269.